The van der Waals surface area contributed by atoms with Crippen molar-refractivity contribution < 1.29 is 0 Å². The van der Waals surface area contributed by atoms with Crippen molar-refractivity contribution in [2.75, 3.05) is 13.6 Å². The van der Waals surface area contributed by atoms with Gasteiger partial charge in [-0.3, -0.25) is 0 Å². The summed E-state index contributed by atoms with van der Waals surface area (Å²) >= 11 is 0. The Morgan fingerprint density at radius 1 is 0.545 bits per heavy atom. The Kier molecular flexibility index (Phi) is 20.4. The minimum Gasteiger partial charge on any atom is -0.320 e. The summed E-state index contributed by atoms with van der Waals surface area (Å²) in [5.74, 6) is 0. The highest BCUT2D eigenvalue weighted by Gasteiger charge is 1.91. The van der Waals surface area contributed by atoms with Gasteiger partial charge in [0.1, 0.15) is 0 Å². The number of nitrogens with one attached hydrogen (secondary N) is 1. The monoisotopic (exact) mass is 309 g/mol. The van der Waals surface area contributed by atoms with Gasteiger partial charge in [-0.2, -0.15) is 0 Å². The molecule has 0 atom stereocenters. The standard InChI is InChI=1S/C21H43N/c1-3-4-5-6-7-8-9-10-11-12-13-14-15-16-17-18-19-20-21-22-2/h12-13,22H,3-11,14-21H2,1-2H3/b13-12-. The van der Waals surface area contributed by atoms with Gasteiger partial charge in [0.25, 0.3) is 0 Å². The van der Waals surface area contributed by atoms with Crippen molar-refractivity contribution >= 4 is 0 Å². The van der Waals surface area contributed by atoms with Crippen LogP contribution in [0.4, 0.5) is 0 Å². The molecule has 132 valence electrons. The molecule has 0 spiro atoms. The molecule has 0 rings (SSSR count). The summed E-state index contributed by atoms with van der Waals surface area (Å²) in [5, 5.41) is 3.21. The molecule has 0 saturated carbocycles. The Balaban J connectivity index is 3.03. The van der Waals surface area contributed by atoms with Crippen molar-refractivity contribution in [1.82, 2.24) is 5.32 Å². The normalized spacial score (nSPS) is 11.5. The van der Waals surface area contributed by atoms with Gasteiger partial charge in [-0.1, -0.05) is 89.7 Å². The maximum atomic E-state index is 3.21. The van der Waals surface area contributed by atoms with Crippen molar-refractivity contribution in [3.8, 4) is 0 Å². The second-order valence-corrected chi connectivity index (χ2v) is 6.75. The van der Waals surface area contributed by atoms with E-state index < -0.39 is 0 Å². The predicted molar refractivity (Wildman–Crippen MR) is 103 cm³/mol. The zero-order valence-corrected chi connectivity index (χ0v) is 15.7. The fourth-order valence-electron chi connectivity index (χ4n) is 2.90. The molecule has 0 aliphatic rings. The number of unbranched alkanes of at least 4 members (excludes halogenated alkanes) is 14. The zero-order valence-electron chi connectivity index (χ0n) is 15.7. The summed E-state index contributed by atoms with van der Waals surface area (Å²) in [6, 6.07) is 0. The summed E-state index contributed by atoms with van der Waals surface area (Å²) in [6.07, 6.45) is 27.3. The first kappa shape index (κ1) is 21.7. The molecule has 0 amide bonds. The van der Waals surface area contributed by atoms with Crippen LogP contribution in [0.5, 0.6) is 0 Å². The summed E-state index contributed by atoms with van der Waals surface area (Å²) in [5.41, 5.74) is 0. The minimum atomic E-state index is 1.18. The Labute approximate surface area is 141 Å². The van der Waals surface area contributed by atoms with Crippen molar-refractivity contribution in [2.24, 2.45) is 0 Å². The molecule has 1 nitrogen and oxygen atoms in total. The SMILES string of the molecule is CCCCCCCCCC/C=C\CCCCCCCCNC. The molecule has 0 aliphatic carbocycles. The molecule has 0 unspecified atom stereocenters. The molecule has 22 heavy (non-hydrogen) atoms. The van der Waals surface area contributed by atoms with E-state index in [1.807, 2.05) is 7.05 Å². The van der Waals surface area contributed by atoms with E-state index in [0.29, 0.717) is 0 Å². The van der Waals surface area contributed by atoms with Crippen LogP contribution in [0.3, 0.4) is 0 Å². The molecular formula is C21H43N. The first-order valence-corrected chi connectivity index (χ1v) is 10.2. The van der Waals surface area contributed by atoms with Gasteiger partial charge in [0.2, 0.25) is 0 Å². The molecule has 1 N–H and O–H groups in total. The molecule has 0 fully saturated rings. The van der Waals surface area contributed by atoms with Crippen LogP contribution in [0.1, 0.15) is 110 Å². The van der Waals surface area contributed by atoms with Gasteiger partial charge in [0, 0.05) is 0 Å². The van der Waals surface area contributed by atoms with Crippen LogP contribution >= 0.6 is 0 Å². The average Bonchev–Trinajstić information content (AvgIpc) is 2.54. The van der Waals surface area contributed by atoms with Gasteiger partial charge < -0.3 is 5.32 Å². The molecule has 0 aromatic heterocycles. The van der Waals surface area contributed by atoms with E-state index in [0.717, 1.165) is 0 Å². The fraction of sp³-hybridized carbons (Fsp3) is 0.905. The van der Waals surface area contributed by atoms with Crippen molar-refractivity contribution in [3.05, 3.63) is 12.2 Å². The van der Waals surface area contributed by atoms with Crippen LogP contribution in [0, 0.1) is 0 Å². The number of allylic oxidation sites excluding steroid dienone is 2. The van der Waals surface area contributed by atoms with Gasteiger partial charge >= 0.3 is 0 Å². The first-order chi connectivity index (χ1) is 10.9. The van der Waals surface area contributed by atoms with E-state index in [1.165, 1.54) is 109 Å². The smallest absolute Gasteiger partial charge is 0.00519 e. The average molecular weight is 310 g/mol. The minimum absolute atomic E-state index is 1.18. The summed E-state index contributed by atoms with van der Waals surface area (Å²) in [4.78, 5) is 0. The van der Waals surface area contributed by atoms with Crippen molar-refractivity contribution in [2.45, 2.75) is 110 Å². The molecule has 0 radical (unpaired) electrons. The molecule has 0 aromatic rings. The van der Waals surface area contributed by atoms with Crippen molar-refractivity contribution in [1.29, 1.82) is 0 Å². The molecule has 0 saturated heterocycles. The highest BCUT2D eigenvalue weighted by Crippen LogP contribution is 2.10. The van der Waals surface area contributed by atoms with Gasteiger partial charge in [-0.05, 0) is 45.7 Å². The third-order valence-corrected chi connectivity index (χ3v) is 4.44. The summed E-state index contributed by atoms with van der Waals surface area (Å²) in [7, 11) is 2.04. The third kappa shape index (κ3) is 19.7. The Morgan fingerprint density at radius 3 is 1.41 bits per heavy atom. The Morgan fingerprint density at radius 2 is 0.955 bits per heavy atom. The lowest BCUT2D eigenvalue weighted by molar-refractivity contribution is 0.576. The molecule has 1 heteroatoms. The first-order valence-electron chi connectivity index (χ1n) is 10.2. The predicted octanol–water partition coefficient (Wildman–Crippen LogP) is 7.02. The summed E-state index contributed by atoms with van der Waals surface area (Å²) in [6.45, 7) is 3.47. The second-order valence-electron chi connectivity index (χ2n) is 6.75. The van der Waals surface area contributed by atoms with E-state index in [1.54, 1.807) is 0 Å². The van der Waals surface area contributed by atoms with Crippen LogP contribution in [0.15, 0.2) is 12.2 Å². The molecule has 0 aromatic carbocycles. The van der Waals surface area contributed by atoms with Crippen LogP contribution in [-0.4, -0.2) is 13.6 Å². The lowest BCUT2D eigenvalue weighted by Gasteiger charge is -2.01. The van der Waals surface area contributed by atoms with Gasteiger partial charge in [-0.15, -0.1) is 0 Å². The van der Waals surface area contributed by atoms with E-state index in [9.17, 15) is 0 Å². The largest absolute Gasteiger partial charge is 0.320 e. The number of rotatable bonds is 18. The molecular weight excluding hydrogens is 266 g/mol. The van der Waals surface area contributed by atoms with E-state index in [2.05, 4.69) is 24.4 Å². The third-order valence-electron chi connectivity index (χ3n) is 4.44. The van der Waals surface area contributed by atoms with Crippen LogP contribution in [0.2, 0.25) is 0 Å². The van der Waals surface area contributed by atoms with Crippen molar-refractivity contribution in [3.63, 3.8) is 0 Å². The lowest BCUT2D eigenvalue weighted by atomic mass is 10.1. The van der Waals surface area contributed by atoms with Gasteiger partial charge in [0.15, 0.2) is 0 Å². The highest BCUT2D eigenvalue weighted by atomic mass is 14.8. The number of hydrogen-bond acceptors (Lipinski definition) is 1. The fourth-order valence-corrected chi connectivity index (χ4v) is 2.90. The zero-order chi connectivity index (χ0) is 16.1. The topological polar surface area (TPSA) is 12.0 Å². The lowest BCUT2D eigenvalue weighted by Crippen LogP contribution is -2.06. The number of hydrogen-bond donors (Lipinski definition) is 1. The van der Waals surface area contributed by atoms with Gasteiger partial charge in [-0.25, -0.2) is 0 Å². The Bertz CT molecular complexity index is 188. The van der Waals surface area contributed by atoms with Crippen LogP contribution in [0.25, 0.3) is 0 Å². The van der Waals surface area contributed by atoms with Gasteiger partial charge in [0.05, 0.1) is 0 Å². The highest BCUT2D eigenvalue weighted by molar-refractivity contribution is 4.81. The quantitative estimate of drug-likeness (QED) is 0.212. The maximum absolute atomic E-state index is 3.21. The van der Waals surface area contributed by atoms with Crippen LogP contribution in [-0.2, 0) is 0 Å². The summed E-state index contributed by atoms with van der Waals surface area (Å²) < 4.78 is 0. The van der Waals surface area contributed by atoms with Crippen LogP contribution < -0.4 is 5.32 Å². The Hall–Kier alpha value is -0.300. The second kappa shape index (κ2) is 20.7. The molecule has 0 aliphatic heterocycles. The maximum Gasteiger partial charge on any atom is -0.00519 e. The molecule has 0 bridgehead atoms. The van der Waals surface area contributed by atoms with E-state index in [-0.39, 0.29) is 0 Å². The van der Waals surface area contributed by atoms with E-state index >= 15 is 0 Å². The van der Waals surface area contributed by atoms with E-state index in [4.69, 9.17) is 0 Å². The molecule has 0 heterocycles.